The lowest BCUT2D eigenvalue weighted by atomic mass is 10.3. The van der Waals surface area contributed by atoms with Crippen molar-refractivity contribution in [2.24, 2.45) is 10.7 Å². The Kier molecular flexibility index (Phi) is 9.28. The van der Waals surface area contributed by atoms with Crippen molar-refractivity contribution in [3.05, 3.63) is 30.1 Å². The van der Waals surface area contributed by atoms with Gasteiger partial charge in [-0.2, -0.15) is 0 Å². The van der Waals surface area contributed by atoms with Crippen LogP contribution in [-0.2, 0) is 0 Å². The van der Waals surface area contributed by atoms with E-state index in [4.69, 9.17) is 10.5 Å². The molecule has 1 rings (SSSR count). The first-order valence-electron chi connectivity index (χ1n) is 6.07. The average Bonchev–Trinajstić information content (AvgIpc) is 2.36. The fourth-order valence-electron chi connectivity index (χ4n) is 1.32. The van der Waals surface area contributed by atoms with Crippen LogP contribution in [0.5, 0.6) is 5.75 Å². The van der Waals surface area contributed by atoms with Gasteiger partial charge < -0.3 is 15.8 Å². The molecule has 1 unspecified atom stereocenters. The first-order valence-corrected chi connectivity index (χ1v) is 6.07. The van der Waals surface area contributed by atoms with Crippen molar-refractivity contribution < 1.29 is 9.13 Å². The van der Waals surface area contributed by atoms with E-state index in [0.717, 1.165) is 13.0 Å². The highest BCUT2D eigenvalue weighted by Gasteiger charge is 2.03. The highest BCUT2D eigenvalue weighted by molar-refractivity contribution is 14.0. The number of nitrogens with one attached hydrogen (secondary N) is 1. The molecule has 0 aliphatic heterocycles. The first kappa shape index (κ1) is 17.9. The summed E-state index contributed by atoms with van der Waals surface area (Å²) < 4.78 is 18.3. The smallest absolute Gasteiger partial charge is 0.188 e. The van der Waals surface area contributed by atoms with Crippen LogP contribution in [0, 0.1) is 5.82 Å². The van der Waals surface area contributed by atoms with Gasteiger partial charge >= 0.3 is 0 Å². The van der Waals surface area contributed by atoms with E-state index < -0.39 is 0 Å². The van der Waals surface area contributed by atoms with E-state index in [9.17, 15) is 4.39 Å². The van der Waals surface area contributed by atoms with Gasteiger partial charge in [0.2, 0.25) is 0 Å². The lowest BCUT2D eigenvalue weighted by molar-refractivity contribution is 0.230. The normalized spacial score (nSPS) is 12.5. The molecule has 0 radical (unpaired) electrons. The van der Waals surface area contributed by atoms with E-state index in [2.05, 4.69) is 17.2 Å². The van der Waals surface area contributed by atoms with Crippen molar-refractivity contribution in [3.8, 4) is 5.75 Å². The zero-order valence-corrected chi connectivity index (χ0v) is 13.6. The number of rotatable bonds is 6. The summed E-state index contributed by atoms with van der Waals surface area (Å²) in [4.78, 5) is 4.16. The largest absolute Gasteiger partial charge is 0.489 e. The van der Waals surface area contributed by atoms with Gasteiger partial charge in [0.1, 0.15) is 17.7 Å². The predicted octanol–water partition coefficient (Wildman–Crippen LogP) is 2.53. The first-order chi connectivity index (χ1) is 8.61. The highest BCUT2D eigenvalue weighted by Crippen LogP contribution is 2.12. The fraction of sp³-hybridized carbons (Fsp3) is 0.462. The van der Waals surface area contributed by atoms with Crippen LogP contribution in [-0.4, -0.2) is 25.2 Å². The third-order valence-corrected chi connectivity index (χ3v) is 2.23. The second kappa shape index (κ2) is 9.82. The molecule has 0 aliphatic rings. The highest BCUT2D eigenvalue weighted by atomic mass is 127. The minimum Gasteiger partial charge on any atom is -0.489 e. The second-order valence-electron chi connectivity index (χ2n) is 4.04. The molecule has 3 N–H and O–H groups in total. The van der Waals surface area contributed by atoms with Gasteiger partial charge in [-0.3, -0.25) is 0 Å². The van der Waals surface area contributed by atoms with Crippen LogP contribution < -0.4 is 15.8 Å². The van der Waals surface area contributed by atoms with Crippen molar-refractivity contribution in [2.45, 2.75) is 26.4 Å². The Morgan fingerprint density at radius 2 is 2.05 bits per heavy atom. The van der Waals surface area contributed by atoms with Gasteiger partial charge in [-0.05, 0) is 37.6 Å². The average molecular weight is 381 g/mol. The van der Waals surface area contributed by atoms with Gasteiger partial charge in [-0.25, -0.2) is 9.38 Å². The van der Waals surface area contributed by atoms with Gasteiger partial charge in [-0.1, -0.05) is 6.92 Å². The van der Waals surface area contributed by atoms with Crippen molar-refractivity contribution in [3.63, 3.8) is 0 Å². The summed E-state index contributed by atoms with van der Waals surface area (Å²) in [5.74, 6) is 0.770. The molecule has 0 fully saturated rings. The van der Waals surface area contributed by atoms with E-state index in [0.29, 0.717) is 18.3 Å². The SMILES string of the molecule is CCCNC(N)=NCC(C)Oc1ccc(F)cc1.I. The fourth-order valence-corrected chi connectivity index (χ4v) is 1.32. The lowest BCUT2D eigenvalue weighted by Gasteiger charge is -2.13. The third kappa shape index (κ3) is 7.86. The summed E-state index contributed by atoms with van der Waals surface area (Å²) in [6, 6.07) is 5.91. The summed E-state index contributed by atoms with van der Waals surface area (Å²) in [7, 11) is 0. The van der Waals surface area contributed by atoms with Crippen LogP contribution >= 0.6 is 24.0 Å². The molecule has 0 amide bonds. The van der Waals surface area contributed by atoms with Gasteiger partial charge in [-0.15, -0.1) is 24.0 Å². The van der Waals surface area contributed by atoms with E-state index >= 15 is 0 Å². The summed E-state index contributed by atoms with van der Waals surface area (Å²) in [5.41, 5.74) is 5.66. The van der Waals surface area contributed by atoms with E-state index in [1.54, 1.807) is 12.1 Å². The van der Waals surface area contributed by atoms with Gasteiger partial charge in [0.15, 0.2) is 5.96 Å². The molecule has 0 aromatic heterocycles. The van der Waals surface area contributed by atoms with Crippen LogP contribution in [0.2, 0.25) is 0 Å². The number of aliphatic imine (C=N–C) groups is 1. The van der Waals surface area contributed by atoms with Crippen LogP contribution in [0.15, 0.2) is 29.3 Å². The molecular weight excluding hydrogens is 360 g/mol. The van der Waals surface area contributed by atoms with Crippen LogP contribution in [0.3, 0.4) is 0 Å². The Balaban J connectivity index is 0.00000324. The zero-order chi connectivity index (χ0) is 13.4. The van der Waals surface area contributed by atoms with Crippen molar-refractivity contribution in [1.29, 1.82) is 0 Å². The Morgan fingerprint density at radius 1 is 1.42 bits per heavy atom. The summed E-state index contributed by atoms with van der Waals surface area (Å²) in [6.07, 6.45) is 0.884. The molecule has 108 valence electrons. The number of hydrogen-bond acceptors (Lipinski definition) is 2. The van der Waals surface area contributed by atoms with Gasteiger partial charge in [0.25, 0.3) is 0 Å². The lowest BCUT2D eigenvalue weighted by Crippen LogP contribution is -2.33. The van der Waals surface area contributed by atoms with Crippen LogP contribution in [0.4, 0.5) is 4.39 Å². The molecule has 4 nitrogen and oxygen atoms in total. The Morgan fingerprint density at radius 3 is 2.63 bits per heavy atom. The number of nitrogens with zero attached hydrogens (tertiary/aromatic N) is 1. The monoisotopic (exact) mass is 381 g/mol. The van der Waals surface area contributed by atoms with E-state index in [1.807, 2.05) is 6.92 Å². The Labute approximate surface area is 130 Å². The molecule has 0 saturated carbocycles. The van der Waals surface area contributed by atoms with Gasteiger partial charge in [0.05, 0.1) is 6.54 Å². The van der Waals surface area contributed by atoms with Crippen LogP contribution in [0.25, 0.3) is 0 Å². The molecule has 1 aromatic rings. The number of hydrogen-bond donors (Lipinski definition) is 2. The number of nitrogens with two attached hydrogens (primary N) is 1. The molecular formula is C13H21FIN3O. The maximum Gasteiger partial charge on any atom is 0.188 e. The topological polar surface area (TPSA) is 59.6 Å². The maximum absolute atomic E-state index is 12.7. The Bertz CT molecular complexity index is 384. The van der Waals surface area contributed by atoms with E-state index in [1.165, 1.54) is 12.1 Å². The minimum absolute atomic E-state index is 0. The minimum atomic E-state index is -0.277. The number of guanidine groups is 1. The number of halogens is 2. The molecule has 6 heteroatoms. The predicted molar refractivity (Wildman–Crippen MR) is 86.7 cm³/mol. The number of ether oxygens (including phenoxy) is 1. The summed E-state index contributed by atoms with van der Waals surface area (Å²) in [6.45, 7) is 5.21. The molecule has 0 heterocycles. The Hall–Kier alpha value is -1.05. The zero-order valence-electron chi connectivity index (χ0n) is 11.2. The second-order valence-corrected chi connectivity index (χ2v) is 4.04. The quantitative estimate of drug-likeness (QED) is 0.452. The molecule has 0 bridgehead atoms. The van der Waals surface area contributed by atoms with Crippen molar-refractivity contribution in [2.75, 3.05) is 13.1 Å². The maximum atomic E-state index is 12.7. The molecule has 0 aliphatic carbocycles. The van der Waals surface area contributed by atoms with Crippen molar-refractivity contribution in [1.82, 2.24) is 5.32 Å². The van der Waals surface area contributed by atoms with Crippen LogP contribution in [0.1, 0.15) is 20.3 Å². The molecule has 1 atom stereocenters. The summed E-state index contributed by atoms with van der Waals surface area (Å²) in [5, 5.41) is 2.98. The molecule has 1 aromatic carbocycles. The van der Waals surface area contributed by atoms with E-state index in [-0.39, 0.29) is 35.9 Å². The third-order valence-electron chi connectivity index (χ3n) is 2.23. The van der Waals surface area contributed by atoms with Gasteiger partial charge in [0, 0.05) is 6.54 Å². The molecule has 0 saturated heterocycles. The molecule has 19 heavy (non-hydrogen) atoms. The number of benzene rings is 1. The molecule has 0 spiro atoms. The standard InChI is InChI=1S/C13H20FN3O.HI/c1-3-8-16-13(15)17-9-10(2)18-12-6-4-11(14)5-7-12;/h4-7,10H,3,8-9H2,1-2H3,(H3,15,16,17);1H. The summed E-state index contributed by atoms with van der Waals surface area (Å²) >= 11 is 0. The van der Waals surface area contributed by atoms with Crippen molar-refractivity contribution >= 4 is 29.9 Å².